The lowest BCUT2D eigenvalue weighted by molar-refractivity contribution is -0.383. The molecule has 0 unspecified atom stereocenters. The van der Waals surface area contributed by atoms with Crippen LogP contribution in [-0.4, -0.2) is 20.7 Å². The Morgan fingerprint density at radius 3 is 1.96 bits per heavy atom. The Morgan fingerprint density at radius 2 is 1.46 bits per heavy atom. The van der Waals surface area contributed by atoms with Crippen molar-refractivity contribution in [3.05, 3.63) is 76.6 Å². The lowest BCUT2D eigenvalue weighted by Gasteiger charge is -2.10. The van der Waals surface area contributed by atoms with E-state index in [4.69, 9.17) is 0 Å². The molecule has 8 nitrogen and oxygen atoms in total. The van der Waals surface area contributed by atoms with Gasteiger partial charge in [-0.25, -0.2) is 9.97 Å². The van der Waals surface area contributed by atoms with Crippen molar-refractivity contribution in [3.8, 4) is 0 Å². The summed E-state index contributed by atoms with van der Waals surface area (Å²) in [5.74, 6) is 0.0805. The van der Waals surface area contributed by atoms with Crippen LogP contribution in [0.15, 0.2) is 60.9 Å². The zero-order chi connectivity index (χ0) is 18.5. The van der Waals surface area contributed by atoms with Crippen molar-refractivity contribution in [2.24, 2.45) is 0 Å². The second kappa shape index (κ2) is 7.39. The van der Waals surface area contributed by atoms with Crippen molar-refractivity contribution in [2.45, 2.75) is 6.92 Å². The van der Waals surface area contributed by atoms with E-state index in [-0.39, 0.29) is 23.1 Å². The number of hydrogen-bond donors (Lipinski definition) is 2. The molecule has 0 aliphatic rings. The first-order valence-corrected chi connectivity index (χ1v) is 7.74. The molecule has 0 spiro atoms. The van der Waals surface area contributed by atoms with Crippen molar-refractivity contribution in [2.75, 3.05) is 10.6 Å². The summed E-state index contributed by atoms with van der Waals surface area (Å²) in [6.45, 7) is 1.47. The third-order valence-corrected chi connectivity index (χ3v) is 3.60. The smallest absolute Gasteiger partial charge is 0.334 e. The predicted molar refractivity (Wildman–Crippen MR) is 98.1 cm³/mol. The number of hydrogen-bond acceptors (Lipinski definition) is 7. The number of para-hydroxylation sites is 1. The van der Waals surface area contributed by atoms with Gasteiger partial charge in [-0.3, -0.25) is 14.9 Å². The van der Waals surface area contributed by atoms with E-state index < -0.39 is 4.92 Å². The van der Waals surface area contributed by atoms with Gasteiger partial charge in [-0.05, 0) is 43.3 Å². The van der Waals surface area contributed by atoms with Crippen molar-refractivity contribution >= 4 is 34.5 Å². The Labute approximate surface area is 149 Å². The number of carbonyl (C=O) groups is 1. The fourth-order valence-corrected chi connectivity index (χ4v) is 2.32. The quantitative estimate of drug-likeness (QED) is 0.392. The van der Waals surface area contributed by atoms with Gasteiger partial charge in [0.05, 0.1) is 4.92 Å². The lowest BCUT2D eigenvalue weighted by Crippen LogP contribution is -2.05. The molecule has 0 aliphatic heterocycles. The standard InChI is InChI=1S/C18H15N5O3/c1-12(24)13-7-9-15(10-8-13)22-18-16(23(25)26)17(19-11-20-18)21-14-5-3-2-4-6-14/h2-11H,1H3,(H2,19,20,21,22). The first-order valence-electron chi connectivity index (χ1n) is 7.74. The highest BCUT2D eigenvalue weighted by Crippen LogP contribution is 2.32. The molecule has 0 fully saturated rings. The Bertz CT molecular complexity index is 943. The number of aromatic nitrogens is 2. The molecule has 130 valence electrons. The Balaban J connectivity index is 1.92. The zero-order valence-corrected chi connectivity index (χ0v) is 13.8. The SMILES string of the molecule is CC(=O)c1ccc(Nc2ncnc(Nc3ccccc3)c2[N+](=O)[O-])cc1. The van der Waals surface area contributed by atoms with Crippen LogP contribution < -0.4 is 10.6 Å². The van der Waals surface area contributed by atoms with E-state index >= 15 is 0 Å². The summed E-state index contributed by atoms with van der Waals surface area (Å²) in [4.78, 5) is 30.3. The molecule has 3 aromatic rings. The summed E-state index contributed by atoms with van der Waals surface area (Å²) in [5.41, 5.74) is 1.53. The summed E-state index contributed by atoms with van der Waals surface area (Å²) >= 11 is 0. The van der Waals surface area contributed by atoms with Gasteiger partial charge in [0.15, 0.2) is 5.78 Å². The van der Waals surface area contributed by atoms with Crippen LogP contribution in [-0.2, 0) is 0 Å². The summed E-state index contributed by atoms with van der Waals surface area (Å²) in [7, 11) is 0. The number of nitro groups is 1. The maximum Gasteiger partial charge on any atom is 0.353 e. The Hall–Kier alpha value is -3.81. The molecule has 26 heavy (non-hydrogen) atoms. The topological polar surface area (TPSA) is 110 Å². The second-order valence-electron chi connectivity index (χ2n) is 5.43. The van der Waals surface area contributed by atoms with Crippen LogP contribution in [0.3, 0.4) is 0 Å². The lowest BCUT2D eigenvalue weighted by atomic mass is 10.1. The number of nitrogens with one attached hydrogen (secondary N) is 2. The number of rotatable bonds is 6. The van der Waals surface area contributed by atoms with Crippen LogP contribution >= 0.6 is 0 Å². The van der Waals surface area contributed by atoms with Crippen LogP contribution in [0.5, 0.6) is 0 Å². The molecule has 3 rings (SSSR count). The van der Waals surface area contributed by atoms with E-state index in [1.165, 1.54) is 13.3 Å². The van der Waals surface area contributed by atoms with Gasteiger partial charge in [-0.2, -0.15) is 0 Å². The number of anilines is 4. The molecule has 1 aromatic heterocycles. The molecule has 0 amide bonds. The molecule has 0 radical (unpaired) electrons. The highest BCUT2D eigenvalue weighted by Gasteiger charge is 2.23. The van der Waals surface area contributed by atoms with E-state index in [0.29, 0.717) is 16.9 Å². The summed E-state index contributed by atoms with van der Waals surface area (Å²) in [6, 6.07) is 15.6. The molecule has 0 bridgehead atoms. The maximum absolute atomic E-state index is 11.6. The third-order valence-electron chi connectivity index (χ3n) is 3.60. The fourth-order valence-electron chi connectivity index (χ4n) is 2.32. The Morgan fingerprint density at radius 1 is 0.923 bits per heavy atom. The molecule has 0 atom stereocenters. The minimum Gasteiger partial charge on any atom is -0.334 e. The molecule has 0 aliphatic carbocycles. The van der Waals surface area contributed by atoms with E-state index in [2.05, 4.69) is 20.6 Å². The molecule has 0 saturated carbocycles. The van der Waals surface area contributed by atoms with E-state index in [1.807, 2.05) is 18.2 Å². The molecule has 8 heteroatoms. The second-order valence-corrected chi connectivity index (χ2v) is 5.43. The number of ketones is 1. The van der Waals surface area contributed by atoms with Gasteiger partial charge in [0.2, 0.25) is 11.6 Å². The number of carbonyl (C=O) groups excluding carboxylic acids is 1. The van der Waals surface area contributed by atoms with Crippen molar-refractivity contribution < 1.29 is 9.72 Å². The maximum atomic E-state index is 11.6. The fraction of sp³-hybridized carbons (Fsp3) is 0.0556. The van der Waals surface area contributed by atoms with Crippen LogP contribution in [0.1, 0.15) is 17.3 Å². The van der Waals surface area contributed by atoms with Gasteiger partial charge in [0.1, 0.15) is 6.33 Å². The van der Waals surface area contributed by atoms with Gasteiger partial charge in [0, 0.05) is 16.9 Å². The molecular weight excluding hydrogens is 334 g/mol. The first kappa shape index (κ1) is 17.0. The van der Waals surface area contributed by atoms with Gasteiger partial charge >= 0.3 is 5.69 Å². The first-order chi connectivity index (χ1) is 12.5. The zero-order valence-electron chi connectivity index (χ0n) is 13.8. The Kier molecular flexibility index (Phi) is 4.84. The minimum absolute atomic E-state index is 0.0546. The minimum atomic E-state index is -0.544. The highest BCUT2D eigenvalue weighted by molar-refractivity contribution is 5.94. The monoisotopic (exact) mass is 349 g/mol. The van der Waals surface area contributed by atoms with Crippen molar-refractivity contribution in [1.29, 1.82) is 0 Å². The normalized spacial score (nSPS) is 10.2. The highest BCUT2D eigenvalue weighted by atomic mass is 16.6. The van der Waals surface area contributed by atoms with Crippen LogP contribution in [0, 0.1) is 10.1 Å². The average molecular weight is 349 g/mol. The van der Waals surface area contributed by atoms with Crippen LogP contribution in [0.25, 0.3) is 0 Å². The number of nitrogens with zero attached hydrogens (tertiary/aromatic N) is 3. The molecule has 2 N–H and O–H groups in total. The predicted octanol–water partition coefficient (Wildman–Crippen LogP) is 4.07. The molecular formula is C18H15N5O3. The van der Waals surface area contributed by atoms with E-state index in [1.54, 1.807) is 36.4 Å². The summed E-state index contributed by atoms with van der Waals surface area (Å²) < 4.78 is 0. The number of Topliss-reactive ketones (excluding diaryl/α,β-unsaturated/α-hetero) is 1. The van der Waals surface area contributed by atoms with Crippen LogP contribution in [0.2, 0.25) is 0 Å². The largest absolute Gasteiger partial charge is 0.353 e. The van der Waals surface area contributed by atoms with Crippen molar-refractivity contribution in [3.63, 3.8) is 0 Å². The van der Waals surface area contributed by atoms with E-state index in [9.17, 15) is 14.9 Å². The van der Waals surface area contributed by atoms with E-state index in [0.717, 1.165) is 0 Å². The molecule has 2 aromatic carbocycles. The average Bonchev–Trinajstić information content (AvgIpc) is 2.63. The van der Waals surface area contributed by atoms with Crippen molar-refractivity contribution in [1.82, 2.24) is 9.97 Å². The molecule has 1 heterocycles. The summed E-state index contributed by atoms with van der Waals surface area (Å²) in [5, 5.41) is 17.4. The van der Waals surface area contributed by atoms with Gasteiger partial charge in [-0.1, -0.05) is 18.2 Å². The van der Waals surface area contributed by atoms with Gasteiger partial charge in [0.25, 0.3) is 0 Å². The van der Waals surface area contributed by atoms with Gasteiger partial charge < -0.3 is 10.6 Å². The number of benzene rings is 2. The summed E-state index contributed by atoms with van der Waals surface area (Å²) in [6.07, 6.45) is 1.24. The van der Waals surface area contributed by atoms with Gasteiger partial charge in [-0.15, -0.1) is 0 Å². The molecule has 0 saturated heterocycles. The third kappa shape index (κ3) is 3.81. The van der Waals surface area contributed by atoms with Crippen LogP contribution in [0.4, 0.5) is 28.7 Å².